The molecule has 0 bridgehead atoms. The Hall–Kier alpha value is -0.810. The normalized spacial score (nSPS) is 14.1. The Morgan fingerprint density at radius 3 is 2.27 bits per heavy atom. The van der Waals surface area contributed by atoms with Crippen LogP contribution in [0, 0.1) is 18.6 Å². The smallest absolute Gasteiger partial charge is 0.351 e. The average molecular weight is 243 g/mol. The molecule has 84 valence electrons. The van der Waals surface area contributed by atoms with E-state index in [2.05, 4.69) is 11.6 Å². The van der Waals surface area contributed by atoms with Crippen molar-refractivity contribution < 1.29 is 22.7 Å². The Balaban J connectivity index is 3.23. The molecule has 1 aromatic carbocycles. The number of benzene rings is 1. The average Bonchev–Trinajstić information content (AvgIpc) is 2.12. The lowest BCUT2D eigenvalue weighted by atomic mass is 10.1. The molecule has 0 heterocycles. The van der Waals surface area contributed by atoms with Gasteiger partial charge in [-0.2, -0.15) is 8.78 Å². The maximum absolute atomic E-state index is 13.1. The fraction of sp³-hybridized carbons (Fsp3) is 0.333. The molecule has 1 atom stereocenters. The highest BCUT2D eigenvalue weighted by molar-refractivity contribution is 6.22. The van der Waals surface area contributed by atoms with Crippen molar-refractivity contribution in [1.29, 1.82) is 0 Å². The number of rotatable bonds is 2. The minimum Gasteiger partial charge on any atom is -0.381 e. The largest absolute Gasteiger partial charge is 0.381 e. The van der Waals surface area contributed by atoms with E-state index in [9.17, 15) is 17.6 Å². The van der Waals surface area contributed by atoms with E-state index in [0.717, 1.165) is 12.1 Å². The van der Waals surface area contributed by atoms with Gasteiger partial charge in [-0.3, -0.25) is 0 Å². The predicted octanol–water partition coefficient (Wildman–Crippen LogP) is 3.14. The third-order valence-electron chi connectivity index (χ3n) is 1.91. The molecule has 0 radical (unpaired) electrons. The van der Waals surface area contributed by atoms with Crippen molar-refractivity contribution in [2.24, 2.45) is 0 Å². The Bertz CT molecular complexity index is 375. The Morgan fingerprint density at radius 1 is 1.27 bits per heavy atom. The van der Waals surface area contributed by atoms with Gasteiger partial charge in [0, 0.05) is 5.56 Å². The quantitative estimate of drug-likeness (QED) is 0.624. The van der Waals surface area contributed by atoms with E-state index in [1.54, 1.807) is 0 Å². The van der Waals surface area contributed by atoms with Crippen LogP contribution in [-0.2, 0) is 0 Å². The Morgan fingerprint density at radius 2 is 1.80 bits per heavy atom. The number of aryl methyl sites for hydroxylation is 1. The lowest BCUT2D eigenvalue weighted by Crippen LogP contribution is -2.20. The van der Waals surface area contributed by atoms with Crippen LogP contribution in [0.5, 0.6) is 0 Å². The lowest BCUT2D eigenvalue weighted by Gasteiger charge is -2.17. The molecular formula is C9H7ClF4O. The van der Waals surface area contributed by atoms with Gasteiger partial charge >= 0.3 is 5.38 Å². The second-order valence-electron chi connectivity index (χ2n) is 3.04. The lowest BCUT2D eigenvalue weighted by molar-refractivity contribution is -0.0443. The van der Waals surface area contributed by atoms with E-state index in [1.807, 2.05) is 0 Å². The number of alkyl halides is 3. The summed E-state index contributed by atoms with van der Waals surface area (Å²) >= 11 is 4.51. The molecule has 0 amide bonds. The van der Waals surface area contributed by atoms with Gasteiger partial charge in [0.1, 0.15) is 0 Å². The fourth-order valence-electron chi connectivity index (χ4n) is 1.05. The fourth-order valence-corrected chi connectivity index (χ4v) is 1.17. The Labute approximate surface area is 88.3 Å². The molecule has 1 unspecified atom stereocenters. The zero-order valence-corrected chi connectivity index (χ0v) is 8.33. The van der Waals surface area contributed by atoms with Crippen molar-refractivity contribution in [1.82, 2.24) is 0 Å². The van der Waals surface area contributed by atoms with Gasteiger partial charge in [-0.15, -0.1) is 0 Å². The summed E-state index contributed by atoms with van der Waals surface area (Å²) in [6.45, 7) is 1.27. The topological polar surface area (TPSA) is 20.2 Å². The maximum Gasteiger partial charge on any atom is 0.351 e. The molecule has 0 aromatic heterocycles. The van der Waals surface area contributed by atoms with Crippen molar-refractivity contribution in [3.8, 4) is 0 Å². The highest BCUT2D eigenvalue weighted by Crippen LogP contribution is 2.36. The van der Waals surface area contributed by atoms with Crippen molar-refractivity contribution in [3.63, 3.8) is 0 Å². The molecule has 1 N–H and O–H groups in total. The van der Waals surface area contributed by atoms with Crippen LogP contribution < -0.4 is 0 Å². The summed E-state index contributed by atoms with van der Waals surface area (Å²) in [5.74, 6) is -2.78. The van der Waals surface area contributed by atoms with Gasteiger partial charge < -0.3 is 5.11 Å². The van der Waals surface area contributed by atoms with E-state index in [0.29, 0.717) is 0 Å². The molecule has 0 fully saturated rings. The third kappa shape index (κ3) is 2.41. The molecule has 0 saturated heterocycles. The molecule has 0 saturated carbocycles. The predicted molar refractivity (Wildman–Crippen MR) is 46.9 cm³/mol. The van der Waals surface area contributed by atoms with E-state index >= 15 is 0 Å². The van der Waals surface area contributed by atoms with E-state index in [1.165, 1.54) is 6.92 Å². The summed E-state index contributed by atoms with van der Waals surface area (Å²) < 4.78 is 51.0. The standard InChI is InChI=1S/C9H7ClF4O/c1-4-2-3-5(7(12)6(4)11)8(15)9(10,13)14/h2-3,8,15H,1H3. The van der Waals surface area contributed by atoms with E-state index in [4.69, 9.17) is 5.11 Å². The highest BCUT2D eigenvalue weighted by atomic mass is 35.5. The monoisotopic (exact) mass is 242 g/mol. The van der Waals surface area contributed by atoms with E-state index < -0.39 is 28.7 Å². The molecule has 0 spiro atoms. The van der Waals surface area contributed by atoms with Crippen LogP contribution in [0.4, 0.5) is 17.6 Å². The minimum absolute atomic E-state index is 0.0404. The molecule has 0 aliphatic heterocycles. The first-order chi connectivity index (χ1) is 6.75. The first-order valence-corrected chi connectivity index (χ1v) is 4.32. The van der Waals surface area contributed by atoms with Gasteiger partial charge in [0.2, 0.25) is 0 Å². The molecule has 1 aromatic rings. The second kappa shape index (κ2) is 3.98. The number of hydrogen-bond donors (Lipinski definition) is 1. The van der Waals surface area contributed by atoms with Crippen LogP contribution in [0.1, 0.15) is 17.2 Å². The van der Waals surface area contributed by atoms with Crippen LogP contribution in [0.3, 0.4) is 0 Å². The Kier molecular flexibility index (Phi) is 3.25. The van der Waals surface area contributed by atoms with Crippen molar-refractivity contribution in [2.75, 3.05) is 0 Å². The first kappa shape index (κ1) is 12.3. The van der Waals surface area contributed by atoms with Crippen LogP contribution >= 0.6 is 11.6 Å². The van der Waals surface area contributed by atoms with Gasteiger partial charge in [0.25, 0.3) is 0 Å². The van der Waals surface area contributed by atoms with Crippen LogP contribution in [0.2, 0.25) is 0 Å². The number of aliphatic hydroxyl groups is 1. The van der Waals surface area contributed by atoms with Gasteiger partial charge in [-0.1, -0.05) is 12.1 Å². The molecule has 1 rings (SSSR count). The summed E-state index contributed by atoms with van der Waals surface area (Å²) in [5.41, 5.74) is -0.903. The van der Waals surface area contributed by atoms with Crippen molar-refractivity contribution in [2.45, 2.75) is 18.4 Å². The van der Waals surface area contributed by atoms with Crippen molar-refractivity contribution >= 4 is 11.6 Å². The number of aliphatic hydroxyl groups excluding tert-OH is 1. The second-order valence-corrected chi connectivity index (χ2v) is 3.55. The van der Waals surface area contributed by atoms with E-state index in [-0.39, 0.29) is 5.56 Å². The van der Waals surface area contributed by atoms with Crippen molar-refractivity contribution in [3.05, 3.63) is 34.9 Å². The van der Waals surface area contributed by atoms with Crippen LogP contribution in [0.25, 0.3) is 0 Å². The van der Waals surface area contributed by atoms with Gasteiger partial charge in [-0.05, 0) is 24.1 Å². The van der Waals surface area contributed by atoms with Crippen LogP contribution in [0.15, 0.2) is 12.1 Å². The van der Waals surface area contributed by atoms with Gasteiger partial charge in [0.05, 0.1) is 0 Å². The third-order valence-corrected chi connectivity index (χ3v) is 2.12. The molecule has 0 aliphatic rings. The molecule has 15 heavy (non-hydrogen) atoms. The minimum atomic E-state index is -4.04. The highest BCUT2D eigenvalue weighted by Gasteiger charge is 2.39. The summed E-state index contributed by atoms with van der Waals surface area (Å²) in [7, 11) is 0. The first-order valence-electron chi connectivity index (χ1n) is 3.94. The number of hydrogen-bond acceptors (Lipinski definition) is 1. The maximum atomic E-state index is 13.1. The zero-order chi connectivity index (χ0) is 11.8. The molecule has 0 aliphatic carbocycles. The molecule has 1 nitrogen and oxygen atoms in total. The zero-order valence-electron chi connectivity index (χ0n) is 7.57. The SMILES string of the molecule is Cc1ccc(C(O)C(F)(F)Cl)c(F)c1F. The van der Waals surface area contributed by atoms with Gasteiger partial charge in [-0.25, -0.2) is 8.78 Å². The van der Waals surface area contributed by atoms with Gasteiger partial charge in [0.15, 0.2) is 17.7 Å². The molecule has 6 heteroatoms. The number of halogens is 5. The summed E-state index contributed by atoms with van der Waals surface area (Å²) in [6, 6.07) is 1.95. The summed E-state index contributed by atoms with van der Waals surface area (Å²) in [6.07, 6.45) is -2.57. The van der Waals surface area contributed by atoms with Crippen LogP contribution in [-0.4, -0.2) is 10.5 Å². The molecular weight excluding hydrogens is 236 g/mol. The summed E-state index contributed by atoms with van der Waals surface area (Å²) in [4.78, 5) is 0. The summed E-state index contributed by atoms with van der Waals surface area (Å²) in [5, 5.41) is 4.93.